The molecule has 1 aromatic heterocycles. The molecule has 0 saturated carbocycles. The summed E-state index contributed by atoms with van der Waals surface area (Å²) in [4.78, 5) is 17.1. The number of hydrogen-bond donors (Lipinski definition) is 0. The first-order valence-electron chi connectivity index (χ1n) is 9.74. The highest BCUT2D eigenvalue weighted by atomic mass is 16.2. The Morgan fingerprint density at radius 3 is 2.42 bits per heavy atom. The zero-order valence-corrected chi connectivity index (χ0v) is 15.2. The van der Waals surface area contributed by atoms with Gasteiger partial charge in [-0.2, -0.15) is 0 Å². The monoisotopic (exact) mass is 350 g/mol. The minimum absolute atomic E-state index is 0.0949. The number of aromatic nitrogens is 2. The first-order chi connectivity index (χ1) is 12.8. The predicted octanol–water partition coefficient (Wildman–Crippen LogP) is 3.37. The van der Waals surface area contributed by atoms with Crippen LogP contribution >= 0.6 is 0 Å². The van der Waals surface area contributed by atoms with Crippen LogP contribution < -0.4 is 4.90 Å². The fraction of sp³-hybridized carbons (Fsp3) is 0.476. The van der Waals surface area contributed by atoms with E-state index in [2.05, 4.69) is 20.0 Å². The van der Waals surface area contributed by atoms with Crippen LogP contribution in [0.4, 0.5) is 5.82 Å². The van der Waals surface area contributed by atoms with Crippen molar-refractivity contribution in [2.24, 2.45) is 5.92 Å². The molecule has 3 heterocycles. The lowest BCUT2D eigenvalue weighted by atomic mass is 9.95. The maximum Gasteiger partial charge on any atom is 0.227 e. The fourth-order valence-electron chi connectivity index (χ4n) is 4.02. The first kappa shape index (κ1) is 17.0. The molecule has 0 aliphatic carbocycles. The van der Waals surface area contributed by atoms with Crippen LogP contribution in [0.15, 0.2) is 42.5 Å². The third kappa shape index (κ3) is 3.71. The maximum absolute atomic E-state index is 12.8. The van der Waals surface area contributed by atoms with E-state index in [1.165, 1.54) is 6.42 Å². The molecule has 5 heteroatoms. The fourth-order valence-corrected chi connectivity index (χ4v) is 4.02. The Bertz CT molecular complexity index is 725. The standard InChI is InChI=1S/C21H26N4O/c26-21(24-13-5-2-6-14-24)18-10-7-15-25(16-18)20-12-11-19(22-23-20)17-8-3-1-4-9-17/h1,3-4,8-9,11-12,18H,2,5-7,10,13-16H2/t18-/m1/s1. The number of anilines is 1. The van der Waals surface area contributed by atoms with Gasteiger partial charge in [-0.25, -0.2) is 0 Å². The highest BCUT2D eigenvalue weighted by Gasteiger charge is 2.30. The first-order valence-corrected chi connectivity index (χ1v) is 9.74. The van der Waals surface area contributed by atoms with E-state index in [9.17, 15) is 4.79 Å². The molecule has 2 aliphatic heterocycles. The quantitative estimate of drug-likeness (QED) is 0.851. The molecule has 1 atom stereocenters. The van der Waals surface area contributed by atoms with Crippen molar-refractivity contribution >= 4 is 11.7 Å². The topological polar surface area (TPSA) is 49.3 Å². The summed E-state index contributed by atoms with van der Waals surface area (Å²) in [6, 6.07) is 14.1. The Kier molecular flexibility index (Phi) is 5.14. The summed E-state index contributed by atoms with van der Waals surface area (Å²) in [6.45, 7) is 3.57. The second kappa shape index (κ2) is 7.85. The largest absolute Gasteiger partial charge is 0.354 e. The summed E-state index contributed by atoms with van der Waals surface area (Å²) in [5.41, 5.74) is 1.95. The molecule has 136 valence electrons. The molecule has 2 saturated heterocycles. The molecule has 1 aromatic carbocycles. The molecule has 2 aromatic rings. The molecule has 2 fully saturated rings. The van der Waals surface area contributed by atoms with Gasteiger partial charge in [0.05, 0.1) is 11.6 Å². The minimum atomic E-state index is 0.0949. The van der Waals surface area contributed by atoms with Crippen LogP contribution in [0.5, 0.6) is 0 Å². The number of likely N-dealkylation sites (tertiary alicyclic amines) is 1. The van der Waals surface area contributed by atoms with Crippen molar-refractivity contribution in [3.05, 3.63) is 42.5 Å². The number of carbonyl (C=O) groups is 1. The van der Waals surface area contributed by atoms with Gasteiger partial charge in [0.15, 0.2) is 5.82 Å². The number of nitrogens with zero attached hydrogens (tertiary/aromatic N) is 4. The Hall–Kier alpha value is -2.43. The summed E-state index contributed by atoms with van der Waals surface area (Å²) in [6.07, 6.45) is 5.57. The third-order valence-electron chi connectivity index (χ3n) is 5.48. The molecule has 0 unspecified atom stereocenters. The van der Waals surface area contributed by atoms with Gasteiger partial charge in [0, 0.05) is 31.7 Å². The summed E-state index contributed by atoms with van der Waals surface area (Å²) in [5, 5.41) is 8.83. The van der Waals surface area contributed by atoms with Gasteiger partial charge in [-0.15, -0.1) is 10.2 Å². The van der Waals surface area contributed by atoms with Gasteiger partial charge in [0.2, 0.25) is 5.91 Å². The Morgan fingerprint density at radius 2 is 1.69 bits per heavy atom. The van der Waals surface area contributed by atoms with E-state index in [4.69, 9.17) is 0 Å². The lowest BCUT2D eigenvalue weighted by Crippen LogP contribution is -2.46. The van der Waals surface area contributed by atoms with Crippen LogP contribution in [0.25, 0.3) is 11.3 Å². The maximum atomic E-state index is 12.8. The van der Waals surface area contributed by atoms with Gasteiger partial charge in [0.1, 0.15) is 0 Å². The molecule has 26 heavy (non-hydrogen) atoms. The summed E-state index contributed by atoms with van der Waals surface area (Å²) in [7, 11) is 0. The zero-order chi connectivity index (χ0) is 17.8. The van der Waals surface area contributed by atoms with E-state index < -0.39 is 0 Å². The molecule has 0 spiro atoms. The van der Waals surface area contributed by atoms with Crippen LogP contribution in [-0.4, -0.2) is 47.2 Å². The van der Waals surface area contributed by atoms with E-state index >= 15 is 0 Å². The van der Waals surface area contributed by atoms with Crippen molar-refractivity contribution in [1.82, 2.24) is 15.1 Å². The van der Waals surface area contributed by atoms with Crippen molar-refractivity contribution in [3.8, 4) is 11.3 Å². The number of benzene rings is 1. The lowest BCUT2D eigenvalue weighted by molar-refractivity contribution is -0.136. The van der Waals surface area contributed by atoms with Gasteiger partial charge in [-0.05, 0) is 44.2 Å². The minimum Gasteiger partial charge on any atom is -0.354 e. The highest BCUT2D eigenvalue weighted by Crippen LogP contribution is 2.25. The molecule has 4 rings (SSSR count). The Balaban J connectivity index is 1.43. The van der Waals surface area contributed by atoms with Crippen LogP contribution in [0, 0.1) is 5.92 Å². The second-order valence-electron chi connectivity index (χ2n) is 7.31. The predicted molar refractivity (Wildman–Crippen MR) is 103 cm³/mol. The number of rotatable bonds is 3. The zero-order valence-electron chi connectivity index (χ0n) is 15.2. The van der Waals surface area contributed by atoms with Crippen molar-refractivity contribution in [2.75, 3.05) is 31.1 Å². The van der Waals surface area contributed by atoms with Crippen molar-refractivity contribution in [3.63, 3.8) is 0 Å². The molecule has 5 nitrogen and oxygen atoms in total. The molecule has 2 aliphatic rings. The van der Waals surface area contributed by atoms with Gasteiger partial charge in [0.25, 0.3) is 0 Å². The molecular formula is C21H26N4O. The molecule has 0 N–H and O–H groups in total. The van der Waals surface area contributed by atoms with E-state index in [1.54, 1.807) is 0 Å². The van der Waals surface area contributed by atoms with Crippen LogP contribution in [0.1, 0.15) is 32.1 Å². The van der Waals surface area contributed by atoms with Gasteiger partial charge >= 0.3 is 0 Å². The van der Waals surface area contributed by atoms with E-state index in [0.29, 0.717) is 5.91 Å². The van der Waals surface area contributed by atoms with Gasteiger partial charge in [-0.1, -0.05) is 30.3 Å². The Morgan fingerprint density at radius 1 is 0.885 bits per heavy atom. The normalized spacial score (nSPS) is 20.8. The lowest BCUT2D eigenvalue weighted by Gasteiger charge is -2.36. The smallest absolute Gasteiger partial charge is 0.227 e. The number of amides is 1. The molecule has 0 radical (unpaired) electrons. The average Bonchev–Trinajstić information content (AvgIpc) is 2.75. The van der Waals surface area contributed by atoms with Gasteiger partial charge < -0.3 is 9.80 Å². The van der Waals surface area contributed by atoms with Crippen molar-refractivity contribution in [2.45, 2.75) is 32.1 Å². The number of carbonyl (C=O) groups excluding carboxylic acids is 1. The summed E-state index contributed by atoms with van der Waals surface area (Å²) >= 11 is 0. The van der Waals surface area contributed by atoms with Crippen LogP contribution in [0.2, 0.25) is 0 Å². The molecule has 1 amide bonds. The van der Waals surface area contributed by atoms with Crippen LogP contribution in [-0.2, 0) is 4.79 Å². The summed E-state index contributed by atoms with van der Waals surface area (Å²) < 4.78 is 0. The van der Waals surface area contributed by atoms with Crippen LogP contribution in [0.3, 0.4) is 0 Å². The van der Waals surface area contributed by atoms with Crippen molar-refractivity contribution in [1.29, 1.82) is 0 Å². The summed E-state index contributed by atoms with van der Waals surface area (Å²) in [5.74, 6) is 1.31. The number of piperidine rings is 2. The molecule has 0 bridgehead atoms. The third-order valence-corrected chi connectivity index (χ3v) is 5.48. The van der Waals surface area contributed by atoms with Crippen molar-refractivity contribution < 1.29 is 4.79 Å². The average molecular weight is 350 g/mol. The highest BCUT2D eigenvalue weighted by molar-refractivity contribution is 5.79. The van der Waals surface area contributed by atoms with E-state index in [0.717, 1.165) is 68.9 Å². The van der Waals surface area contributed by atoms with E-state index in [1.807, 2.05) is 42.5 Å². The van der Waals surface area contributed by atoms with E-state index in [-0.39, 0.29) is 5.92 Å². The number of hydrogen-bond acceptors (Lipinski definition) is 4. The second-order valence-corrected chi connectivity index (χ2v) is 7.31. The SMILES string of the molecule is O=C([C@@H]1CCCN(c2ccc(-c3ccccc3)nn2)C1)N1CCCCC1. The van der Waals surface area contributed by atoms with Gasteiger partial charge in [-0.3, -0.25) is 4.79 Å². The Labute approximate surface area is 155 Å². The molecular weight excluding hydrogens is 324 g/mol.